The average Bonchev–Trinajstić information content (AvgIpc) is 2.27. The molecule has 1 heterocycles. The van der Waals surface area contributed by atoms with E-state index in [-0.39, 0.29) is 18.5 Å². The molecule has 0 aliphatic rings. The molecule has 0 fully saturated rings. The van der Waals surface area contributed by atoms with Crippen molar-refractivity contribution in [2.24, 2.45) is 0 Å². The van der Waals surface area contributed by atoms with Crippen LogP contribution in [-0.4, -0.2) is 20.8 Å². The van der Waals surface area contributed by atoms with E-state index < -0.39 is 27.8 Å². The maximum Gasteiger partial charge on any atom is 0.418 e. The normalized spacial score (nSPS) is 14.5. The fourth-order valence-corrected chi connectivity index (χ4v) is 2.11. The summed E-state index contributed by atoms with van der Waals surface area (Å²) in [5, 5.41) is 0. The van der Waals surface area contributed by atoms with E-state index in [1.165, 1.54) is 12.3 Å². The molecule has 1 rings (SSSR count). The van der Waals surface area contributed by atoms with Gasteiger partial charge in [-0.3, -0.25) is 4.98 Å². The summed E-state index contributed by atoms with van der Waals surface area (Å²) in [6, 6.07) is 1.34. The Bertz CT molecular complexity index is 418. The van der Waals surface area contributed by atoms with E-state index in [2.05, 4.69) is 9.71 Å². The van der Waals surface area contributed by atoms with Gasteiger partial charge in [-0.05, 0) is 38.8 Å². The summed E-state index contributed by atoms with van der Waals surface area (Å²) in [6.07, 6.45) is -2.12. The molecule has 0 saturated heterocycles. The Morgan fingerprint density at radius 1 is 1.32 bits per heavy atom. The fraction of sp³-hybridized carbons (Fsp3) is 0.583. The molecule has 0 aliphatic heterocycles. The van der Waals surface area contributed by atoms with E-state index in [0.717, 1.165) is 6.20 Å². The van der Waals surface area contributed by atoms with Crippen LogP contribution in [0.3, 0.4) is 0 Å². The van der Waals surface area contributed by atoms with Gasteiger partial charge in [-0.25, -0.2) is 0 Å². The molecule has 0 unspecified atom stereocenters. The highest BCUT2D eigenvalue weighted by Gasteiger charge is 2.33. The Morgan fingerprint density at radius 2 is 1.95 bits per heavy atom. The van der Waals surface area contributed by atoms with E-state index in [4.69, 9.17) is 0 Å². The molecule has 1 aromatic rings. The fourth-order valence-electron chi connectivity index (χ4n) is 1.39. The molecule has 108 valence electrons. The van der Waals surface area contributed by atoms with Crippen LogP contribution in [0.2, 0.25) is 0 Å². The highest BCUT2D eigenvalue weighted by molar-refractivity contribution is 7.90. The minimum atomic E-state index is -4.41. The maximum absolute atomic E-state index is 12.7. The number of nitrogens with one attached hydrogen (secondary N) is 1. The van der Waals surface area contributed by atoms with Crippen LogP contribution in [0.15, 0.2) is 18.5 Å². The van der Waals surface area contributed by atoms with E-state index in [1.807, 2.05) is 0 Å². The van der Waals surface area contributed by atoms with Crippen molar-refractivity contribution in [3.8, 4) is 0 Å². The SMILES string of the molecule is CC(C)(C)[S@+]([O-])NCCc1ccncc1C(F)(F)F. The predicted octanol–water partition coefficient (Wildman–Crippen LogP) is 2.69. The average molecular weight is 294 g/mol. The van der Waals surface area contributed by atoms with Crippen molar-refractivity contribution in [1.82, 2.24) is 9.71 Å². The molecule has 1 aromatic heterocycles. The highest BCUT2D eigenvalue weighted by atomic mass is 32.2. The van der Waals surface area contributed by atoms with Crippen molar-refractivity contribution in [3.63, 3.8) is 0 Å². The Balaban J connectivity index is 2.64. The molecular weight excluding hydrogens is 277 g/mol. The minimum absolute atomic E-state index is 0.152. The molecule has 0 bridgehead atoms. The summed E-state index contributed by atoms with van der Waals surface area (Å²) >= 11 is -1.29. The van der Waals surface area contributed by atoms with Gasteiger partial charge in [0.2, 0.25) is 0 Å². The number of rotatable bonds is 4. The molecule has 0 radical (unpaired) electrons. The maximum atomic E-state index is 12.7. The number of pyridine rings is 1. The summed E-state index contributed by atoms with van der Waals surface area (Å²) < 4.78 is 52.1. The lowest BCUT2D eigenvalue weighted by Crippen LogP contribution is -2.40. The van der Waals surface area contributed by atoms with Gasteiger partial charge >= 0.3 is 6.18 Å². The van der Waals surface area contributed by atoms with Gasteiger partial charge in [0.15, 0.2) is 0 Å². The van der Waals surface area contributed by atoms with E-state index >= 15 is 0 Å². The Morgan fingerprint density at radius 3 is 2.47 bits per heavy atom. The van der Waals surface area contributed by atoms with Crippen LogP contribution >= 0.6 is 0 Å². The van der Waals surface area contributed by atoms with Crippen molar-refractivity contribution in [2.75, 3.05) is 6.54 Å². The van der Waals surface area contributed by atoms with Gasteiger partial charge in [-0.1, -0.05) is 0 Å². The Hall–Kier alpha value is -0.790. The molecule has 0 saturated carbocycles. The summed E-state index contributed by atoms with van der Waals surface area (Å²) in [5.74, 6) is 0. The molecule has 1 atom stereocenters. The zero-order chi connectivity index (χ0) is 14.7. The Labute approximate surface area is 113 Å². The third-order valence-corrected chi connectivity index (χ3v) is 3.98. The second-order valence-electron chi connectivity index (χ2n) is 5.06. The number of halogens is 3. The standard InChI is InChI=1S/C12H17F3N2OS/c1-11(2,3)19(18)17-7-5-9-4-6-16-8-10(9)12(13,14)15/h4,6,8,17H,5,7H2,1-3H3/t19-/m0/s1. The minimum Gasteiger partial charge on any atom is -0.598 e. The zero-order valence-corrected chi connectivity index (χ0v) is 11.9. The van der Waals surface area contributed by atoms with Crippen molar-refractivity contribution in [3.05, 3.63) is 29.6 Å². The van der Waals surface area contributed by atoms with Crippen LogP contribution in [0.25, 0.3) is 0 Å². The van der Waals surface area contributed by atoms with E-state index in [1.54, 1.807) is 20.8 Å². The first-order valence-electron chi connectivity index (χ1n) is 5.78. The number of hydrogen-bond acceptors (Lipinski definition) is 3. The lowest BCUT2D eigenvalue weighted by Gasteiger charge is -2.23. The van der Waals surface area contributed by atoms with Crippen molar-refractivity contribution < 1.29 is 17.7 Å². The van der Waals surface area contributed by atoms with Gasteiger partial charge in [-0.15, -0.1) is 4.72 Å². The quantitative estimate of drug-likeness (QED) is 0.869. The summed E-state index contributed by atoms with van der Waals surface area (Å²) in [7, 11) is 0. The number of hydrogen-bond donors (Lipinski definition) is 1. The van der Waals surface area contributed by atoms with Crippen LogP contribution in [0.5, 0.6) is 0 Å². The topological polar surface area (TPSA) is 48.0 Å². The number of alkyl halides is 3. The monoisotopic (exact) mass is 294 g/mol. The van der Waals surface area contributed by atoms with Crippen LogP contribution in [0.1, 0.15) is 31.9 Å². The van der Waals surface area contributed by atoms with Crippen molar-refractivity contribution in [2.45, 2.75) is 38.1 Å². The van der Waals surface area contributed by atoms with Gasteiger partial charge in [0, 0.05) is 30.3 Å². The molecule has 3 nitrogen and oxygen atoms in total. The third-order valence-electron chi connectivity index (χ3n) is 2.40. The van der Waals surface area contributed by atoms with Gasteiger partial charge in [0.1, 0.15) is 4.75 Å². The second kappa shape index (κ2) is 6.11. The molecule has 0 amide bonds. The summed E-state index contributed by atoms with van der Waals surface area (Å²) in [4.78, 5) is 3.49. The number of nitrogens with zero attached hydrogens (tertiary/aromatic N) is 1. The van der Waals surface area contributed by atoms with Crippen molar-refractivity contribution >= 4 is 11.4 Å². The lowest BCUT2D eigenvalue weighted by atomic mass is 10.1. The smallest absolute Gasteiger partial charge is 0.418 e. The molecule has 0 aromatic carbocycles. The lowest BCUT2D eigenvalue weighted by molar-refractivity contribution is -0.138. The first kappa shape index (κ1) is 16.3. The molecule has 0 aliphatic carbocycles. The second-order valence-corrected chi connectivity index (χ2v) is 7.11. The summed E-state index contributed by atoms with van der Waals surface area (Å²) in [5.41, 5.74) is -0.584. The number of aromatic nitrogens is 1. The van der Waals surface area contributed by atoms with Gasteiger partial charge in [0.25, 0.3) is 0 Å². The van der Waals surface area contributed by atoms with E-state index in [9.17, 15) is 17.7 Å². The summed E-state index contributed by atoms with van der Waals surface area (Å²) in [6.45, 7) is 5.61. The van der Waals surface area contributed by atoms with E-state index in [0.29, 0.717) is 0 Å². The van der Waals surface area contributed by atoms with Crippen LogP contribution < -0.4 is 4.72 Å². The molecule has 0 spiro atoms. The third kappa shape index (κ3) is 5.00. The highest BCUT2D eigenvalue weighted by Crippen LogP contribution is 2.31. The van der Waals surface area contributed by atoms with Gasteiger partial charge in [0.05, 0.1) is 5.56 Å². The largest absolute Gasteiger partial charge is 0.598 e. The Kier molecular flexibility index (Phi) is 5.23. The van der Waals surface area contributed by atoms with Gasteiger partial charge in [-0.2, -0.15) is 13.2 Å². The predicted molar refractivity (Wildman–Crippen MR) is 68.8 cm³/mol. The first-order valence-corrected chi connectivity index (χ1v) is 6.93. The molecule has 7 heteroatoms. The van der Waals surface area contributed by atoms with Crippen LogP contribution in [-0.2, 0) is 24.0 Å². The van der Waals surface area contributed by atoms with Crippen LogP contribution in [0, 0.1) is 0 Å². The molecular formula is C12H17F3N2OS. The van der Waals surface area contributed by atoms with Crippen LogP contribution in [0.4, 0.5) is 13.2 Å². The molecule has 1 N–H and O–H groups in total. The van der Waals surface area contributed by atoms with Crippen molar-refractivity contribution in [1.29, 1.82) is 0 Å². The van der Waals surface area contributed by atoms with Gasteiger partial charge < -0.3 is 4.55 Å². The zero-order valence-electron chi connectivity index (χ0n) is 11.0. The molecule has 19 heavy (non-hydrogen) atoms. The first-order chi connectivity index (χ1) is 8.62.